The Bertz CT molecular complexity index is 344. The van der Waals surface area contributed by atoms with Crippen molar-refractivity contribution in [1.82, 2.24) is 5.32 Å². The molecule has 94 valence electrons. The van der Waals surface area contributed by atoms with Crippen LogP contribution in [0.3, 0.4) is 0 Å². The van der Waals surface area contributed by atoms with E-state index < -0.39 is 11.6 Å². The van der Waals surface area contributed by atoms with Crippen LogP contribution >= 0.6 is 0 Å². The Morgan fingerprint density at radius 1 is 1.24 bits per heavy atom. The van der Waals surface area contributed by atoms with Gasteiger partial charge in [0.05, 0.1) is 13.2 Å². The van der Waals surface area contributed by atoms with E-state index in [0.717, 1.165) is 13.0 Å². The van der Waals surface area contributed by atoms with Crippen molar-refractivity contribution >= 4 is 0 Å². The summed E-state index contributed by atoms with van der Waals surface area (Å²) in [6.45, 7) is 1.51. The number of hydrogen-bond acceptors (Lipinski definition) is 2. The Hall–Kier alpha value is -1.00. The van der Waals surface area contributed by atoms with Gasteiger partial charge in [0, 0.05) is 11.6 Å². The van der Waals surface area contributed by atoms with Crippen LogP contribution in [-0.2, 0) is 11.3 Å². The van der Waals surface area contributed by atoms with E-state index in [1.54, 1.807) is 0 Å². The predicted octanol–water partition coefficient (Wildman–Crippen LogP) is 2.62. The van der Waals surface area contributed by atoms with Crippen LogP contribution in [0.25, 0.3) is 0 Å². The van der Waals surface area contributed by atoms with E-state index in [4.69, 9.17) is 4.74 Å². The molecule has 0 saturated carbocycles. The molecule has 1 atom stereocenters. The lowest BCUT2D eigenvalue weighted by Gasteiger charge is -2.23. The average molecular weight is 241 g/mol. The Morgan fingerprint density at radius 2 is 2.00 bits per heavy atom. The Kier molecular flexibility index (Phi) is 4.45. The highest BCUT2D eigenvalue weighted by atomic mass is 19.1. The summed E-state index contributed by atoms with van der Waals surface area (Å²) in [5.41, 5.74) is 0.0170. The van der Waals surface area contributed by atoms with Gasteiger partial charge in [-0.15, -0.1) is 0 Å². The molecule has 4 heteroatoms. The van der Waals surface area contributed by atoms with Crippen molar-refractivity contribution < 1.29 is 13.5 Å². The molecule has 1 heterocycles. The SMILES string of the molecule is Fc1cccc(F)c1COCC1CCCCN1. The van der Waals surface area contributed by atoms with Crippen LogP contribution in [0.15, 0.2) is 18.2 Å². The van der Waals surface area contributed by atoms with E-state index in [1.807, 2.05) is 0 Å². The number of halogens is 2. The number of rotatable bonds is 4. The van der Waals surface area contributed by atoms with E-state index in [9.17, 15) is 8.78 Å². The second-order valence-corrected chi connectivity index (χ2v) is 4.36. The molecule has 2 rings (SSSR count). The van der Waals surface area contributed by atoms with Crippen molar-refractivity contribution in [2.75, 3.05) is 13.2 Å². The Morgan fingerprint density at radius 3 is 2.65 bits per heavy atom. The van der Waals surface area contributed by atoms with E-state index >= 15 is 0 Å². The van der Waals surface area contributed by atoms with Gasteiger partial charge in [-0.1, -0.05) is 12.5 Å². The molecule has 0 aromatic heterocycles. The number of ether oxygens (including phenoxy) is 1. The van der Waals surface area contributed by atoms with Gasteiger partial charge in [-0.3, -0.25) is 0 Å². The molecule has 1 aromatic rings. The summed E-state index contributed by atoms with van der Waals surface area (Å²) in [6, 6.07) is 4.18. The second-order valence-electron chi connectivity index (χ2n) is 4.36. The number of piperidine rings is 1. The minimum Gasteiger partial charge on any atom is -0.375 e. The first-order chi connectivity index (χ1) is 8.27. The topological polar surface area (TPSA) is 21.3 Å². The van der Waals surface area contributed by atoms with Crippen LogP contribution in [0, 0.1) is 11.6 Å². The fraction of sp³-hybridized carbons (Fsp3) is 0.538. The van der Waals surface area contributed by atoms with E-state index in [1.165, 1.54) is 31.0 Å². The highest BCUT2D eigenvalue weighted by molar-refractivity contribution is 5.18. The van der Waals surface area contributed by atoms with Crippen LogP contribution in [0.2, 0.25) is 0 Å². The maximum absolute atomic E-state index is 13.3. The summed E-state index contributed by atoms with van der Waals surface area (Å²) in [7, 11) is 0. The van der Waals surface area contributed by atoms with Crippen molar-refractivity contribution in [1.29, 1.82) is 0 Å². The van der Waals surface area contributed by atoms with Crippen LogP contribution in [0.4, 0.5) is 8.78 Å². The van der Waals surface area contributed by atoms with Crippen LogP contribution in [0.1, 0.15) is 24.8 Å². The zero-order valence-electron chi connectivity index (χ0n) is 9.72. The molecule has 17 heavy (non-hydrogen) atoms. The van der Waals surface area contributed by atoms with Crippen molar-refractivity contribution in [3.05, 3.63) is 35.4 Å². The molecule has 0 spiro atoms. The molecule has 1 N–H and O–H groups in total. The maximum atomic E-state index is 13.3. The van der Waals surface area contributed by atoms with Crippen LogP contribution in [0.5, 0.6) is 0 Å². The fourth-order valence-corrected chi connectivity index (χ4v) is 2.04. The molecule has 1 aliphatic rings. The average Bonchev–Trinajstić information content (AvgIpc) is 2.34. The van der Waals surface area contributed by atoms with Crippen LogP contribution in [-0.4, -0.2) is 19.2 Å². The fourth-order valence-electron chi connectivity index (χ4n) is 2.04. The first kappa shape index (κ1) is 12.5. The van der Waals surface area contributed by atoms with E-state index in [-0.39, 0.29) is 12.2 Å². The van der Waals surface area contributed by atoms with Crippen LogP contribution < -0.4 is 5.32 Å². The molecule has 1 unspecified atom stereocenters. The van der Waals surface area contributed by atoms with Gasteiger partial charge < -0.3 is 10.1 Å². The molecule has 0 bridgehead atoms. The lowest BCUT2D eigenvalue weighted by atomic mass is 10.1. The number of nitrogens with one attached hydrogen (secondary N) is 1. The van der Waals surface area contributed by atoms with E-state index in [0.29, 0.717) is 12.6 Å². The van der Waals surface area contributed by atoms with Gasteiger partial charge in [-0.25, -0.2) is 8.78 Å². The standard InChI is InChI=1S/C13H17F2NO/c14-12-5-3-6-13(15)11(12)9-17-8-10-4-1-2-7-16-10/h3,5-6,10,16H,1-2,4,7-9H2. The third-order valence-electron chi connectivity index (χ3n) is 3.04. The molecule has 1 aliphatic heterocycles. The summed E-state index contributed by atoms with van der Waals surface area (Å²) in [4.78, 5) is 0. The quantitative estimate of drug-likeness (QED) is 0.875. The normalized spacial score (nSPS) is 20.5. The molecule has 0 aliphatic carbocycles. The molecule has 1 saturated heterocycles. The Labute approximate surface area is 100.0 Å². The molecule has 0 radical (unpaired) electrons. The zero-order valence-corrected chi connectivity index (χ0v) is 9.72. The predicted molar refractivity (Wildman–Crippen MR) is 61.7 cm³/mol. The minimum atomic E-state index is -0.540. The van der Waals surface area contributed by atoms with Gasteiger partial charge in [-0.05, 0) is 31.5 Å². The highest BCUT2D eigenvalue weighted by Gasteiger charge is 2.13. The summed E-state index contributed by atoms with van der Waals surface area (Å²) < 4.78 is 31.9. The smallest absolute Gasteiger partial charge is 0.131 e. The van der Waals surface area contributed by atoms with E-state index in [2.05, 4.69) is 5.32 Å². The van der Waals surface area contributed by atoms with Crippen molar-refractivity contribution in [3.63, 3.8) is 0 Å². The molecule has 1 fully saturated rings. The summed E-state index contributed by atoms with van der Waals surface area (Å²) in [5.74, 6) is -1.08. The maximum Gasteiger partial charge on any atom is 0.131 e. The van der Waals surface area contributed by atoms with Gasteiger partial charge in [-0.2, -0.15) is 0 Å². The monoisotopic (exact) mass is 241 g/mol. The zero-order chi connectivity index (χ0) is 12.1. The highest BCUT2D eigenvalue weighted by Crippen LogP contribution is 2.14. The summed E-state index contributed by atoms with van der Waals surface area (Å²) in [6.07, 6.45) is 3.45. The molecular weight excluding hydrogens is 224 g/mol. The summed E-state index contributed by atoms with van der Waals surface area (Å²) in [5, 5.41) is 3.32. The minimum absolute atomic E-state index is 0.00329. The molecule has 1 aromatic carbocycles. The largest absolute Gasteiger partial charge is 0.375 e. The lowest BCUT2D eigenvalue weighted by Crippen LogP contribution is -2.37. The third kappa shape index (κ3) is 3.48. The van der Waals surface area contributed by atoms with Gasteiger partial charge in [0.1, 0.15) is 11.6 Å². The number of hydrogen-bond donors (Lipinski definition) is 1. The number of benzene rings is 1. The lowest BCUT2D eigenvalue weighted by molar-refractivity contribution is 0.0873. The third-order valence-corrected chi connectivity index (χ3v) is 3.04. The van der Waals surface area contributed by atoms with Crippen molar-refractivity contribution in [3.8, 4) is 0 Å². The first-order valence-corrected chi connectivity index (χ1v) is 6.01. The van der Waals surface area contributed by atoms with Crippen molar-refractivity contribution in [2.24, 2.45) is 0 Å². The van der Waals surface area contributed by atoms with Gasteiger partial charge in [0.2, 0.25) is 0 Å². The van der Waals surface area contributed by atoms with Gasteiger partial charge in [0.25, 0.3) is 0 Å². The van der Waals surface area contributed by atoms with Crippen molar-refractivity contribution in [2.45, 2.75) is 31.9 Å². The first-order valence-electron chi connectivity index (χ1n) is 6.01. The second kappa shape index (κ2) is 6.07. The van der Waals surface area contributed by atoms with Gasteiger partial charge in [0.15, 0.2) is 0 Å². The molecular formula is C13H17F2NO. The Balaban J connectivity index is 1.81. The van der Waals surface area contributed by atoms with Gasteiger partial charge >= 0.3 is 0 Å². The molecule has 0 amide bonds. The summed E-state index contributed by atoms with van der Waals surface area (Å²) >= 11 is 0. The molecule has 2 nitrogen and oxygen atoms in total.